The van der Waals surface area contributed by atoms with Gasteiger partial charge in [-0.1, -0.05) is 24.3 Å². The number of likely N-dealkylation sites (N-methyl/N-ethyl adjacent to an activating group) is 1. The van der Waals surface area contributed by atoms with E-state index in [2.05, 4.69) is 10.3 Å². The summed E-state index contributed by atoms with van der Waals surface area (Å²) >= 11 is 5.54. The van der Waals surface area contributed by atoms with E-state index in [0.29, 0.717) is 22.9 Å². The van der Waals surface area contributed by atoms with Crippen LogP contribution in [0.5, 0.6) is 0 Å². The fourth-order valence-electron chi connectivity index (χ4n) is 3.74. The van der Waals surface area contributed by atoms with Crippen molar-refractivity contribution < 1.29 is 18.0 Å². The summed E-state index contributed by atoms with van der Waals surface area (Å²) in [4.78, 5) is 21.2. The molecule has 5 nitrogen and oxygen atoms in total. The largest absolute Gasteiger partial charge is 0.417 e. The number of para-hydroxylation sites is 1. The zero-order valence-electron chi connectivity index (χ0n) is 16.8. The van der Waals surface area contributed by atoms with Gasteiger partial charge in [0.15, 0.2) is 5.11 Å². The van der Waals surface area contributed by atoms with Crippen molar-refractivity contribution in [2.24, 2.45) is 0 Å². The highest BCUT2D eigenvalue weighted by atomic mass is 32.1. The van der Waals surface area contributed by atoms with Gasteiger partial charge in [0.1, 0.15) is 0 Å². The molecule has 0 bridgehead atoms. The number of carbonyl (C=O) groups excluding carboxylic acids is 1. The van der Waals surface area contributed by atoms with E-state index in [0.717, 1.165) is 35.3 Å². The average molecular weight is 444 g/mol. The lowest BCUT2D eigenvalue weighted by atomic mass is 10.1. The molecule has 1 aliphatic rings. The predicted molar refractivity (Wildman–Crippen MR) is 118 cm³/mol. The van der Waals surface area contributed by atoms with Gasteiger partial charge in [0.25, 0.3) is 5.91 Å². The second-order valence-corrected chi connectivity index (χ2v) is 7.71. The Morgan fingerprint density at radius 2 is 1.87 bits per heavy atom. The quantitative estimate of drug-likeness (QED) is 0.586. The minimum absolute atomic E-state index is 0.333. The van der Waals surface area contributed by atoms with Crippen LogP contribution in [0, 0.1) is 6.92 Å². The molecule has 31 heavy (non-hydrogen) atoms. The summed E-state index contributed by atoms with van der Waals surface area (Å²) in [6.45, 7) is 3.42. The normalized spacial score (nSPS) is 14.4. The van der Waals surface area contributed by atoms with Crippen molar-refractivity contribution in [1.82, 2.24) is 9.88 Å². The van der Waals surface area contributed by atoms with Crippen LogP contribution in [0.25, 0.3) is 10.9 Å². The molecule has 0 unspecified atom stereocenters. The van der Waals surface area contributed by atoms with Crippen LogP contribution in [0.1, 0.15) is 21.5 Å². The summed E-state index contributed by atoms with van der Waals surface area (Å²) in [6.07, 6.45) is -2.95. The van der Waals surface area contributed by atoms with E-state index in [1.807, 2.05) is 29.8 Å². The van der Waals surface area contributed by atoms with Gasteiger partial charge < -0.3 is 15.1 Å². The summed E-state index contributed by atoms with van der Waals surface area (Å²) in [5.41, 5.74) is 1.18. The molecule has 0 spiro atoms. The topological polar surface area (TPSA) is 48.5 Å². The lowest BCUT2D eigenvalue weighted by molar-refractivity contribution is -0.137. The number of carbonyl (C=O) groups is 1. The molecule has 0 atom stereocenters. The average Bonchev–Trinajstić information content (AvgIpc) is 3.05. The maximum Gasteiger partial charge on any atom is 0.417 e. The number of anilines is 2. The number of hydrogen-bond acceptors (Lipinski definition) is 3. The van der Waals surface area contributed by atoms with E-state index in [9.17, 15) is 18.0 Å². The molecule has 2 heterocycles. The molecule has 3 aromatic rings. The Balaban J connectivity index is 1.76. The van der Waals surface area contributed by atoms with Crippen molar-refractivity contribution in [2.75, 3.05) is 30.4 Å². The predicted octanol–water partition coefficient (Wildman–Crippen LogP) is 4.85. The summed E-state index contributed by atoms with van der Waals surface area (Å²) in [6, 6.07) is 9.93. The second-order valence-electron chi connectivity index (χ2n) is 7.34. The Hall–Kier alpha value is -3.20. The number of rotatable bonds is 3. The molecule has 1 saturated heterocycles. The molecule has 1 fully saturated rings. The van der Waals surface area contributed by atoms with Gasteiger partial charge >= 0.3 is 6.18 Å². The van der Waals surface area contributed by atoms with Gasteiger partial charge in [-0.05, 0) is 42.9 Å². The first-order chi connectivity index (χ1) is 14.7. The monoisotopic (exact) mass is 444 g/mol. The minimum atomic E-state index is -4.63. The smallest absolute Gasteiger partial charge is 0.350 e. The first kappa shape index (κ1) is 21.0. The van der Waals surface area contributed by atoms with Gasteiger partial charge in [-0.25, -0.2) is 0 Å². The lowest BCUT2D eigenvalue weighted by Crippen LogP contribution is -2.29. The molecule has 1 aliphatic heterocycles. The van der Waals surface area contributed by atoms with Gasteiger partial charge in [-0.15, -0.1) is 0 Å². The number of thiocarbonyl (C=S) groups is 1. The number of nitrogens with one attached hydrogen (secondary N) is 1. The van der Waals surface area contributed by atoms with E-state index in [1.165, 1.54) is 12.1 Å². The molecule has 9 heteroatoms. The van der Waals surface area contributed by atoms with Crippen molar-refractivity contribution in [3.8, 4) is 0 Å². The van der Waals surface area contributed by atoms with Crippen molar-refractivity contribution >= 4 is 45.5 Å². The van der Waals surface area contributed by atoms with Crippen molar-refractivity contribution in [1.29, 1.82) is 0 Å². The Morgan fingerprint density at radius 1 is 1.13 bits per heavy atom. The highest BCUT2D eigenvalue weighted by Gasteiger charge is 2.35. The van der Waals surface area contributed by atoms with Gasteiger partial charge in [0.05, 0.1) is 28.0 Å². The molecular formula is C22H19F3N4OS. The summed E-state index contributed by atoms with van der Waals surface area (Å²) in [7, 11) is 1.92. The molecule has 4 rings (SSSR count). The third kappa shape index (κ3) is 3.81. The molecule has 1 aromatic heterocycles. The number of amides is 1. The van der Waals surface area contributed by atoms with Crippen LogP contribution in [0.2, 0.25) is 0 Å². The zero-order chi connectivity index (χ0) is 22.3. The first-order valence-corrected chi connectivity index (χ1v) is 9.98. The van der Waals surface area contributed by atoms with Crippen LogP contribution in [-0.2, 0) is 6.18 Å². The third-order valence-electron chi connectivity index (χ3n) is 5.26. The highest BCUT2D eigenvalue weighted by molar-refractivity contribution is 7.80. The number of halogens is 3. The van der Waals surface area contributed by atoms with Crippen LogP contribution in [-0.4, -0.2) is 41.0 Å². The van der Waals surface area contributed by atoms with Gasteiger partial charge in [0, 0.05) is 31.7 Å². The minimum Gasteiger partial charge on any atom is -0.350 e. The van der Waals surface area contributed by atoms with Crippen LogP contribution in [0.3, 0.4) is 0 Å². The molecule has 160 valence electrons. The Morgan fingerprint density at radius 3 is 2.55 bits per heavy atom. The van der Waals surface area contributed by atoms with Crippen LogP contribution in [0.4, 0.5) is 24.5 Å². The van der Waals surface area contributed by atoms with E-state index in [1.54, 1.807) is 18.3 Å². The van der Waals surface area contributed by atoms with E-state index in [-0.39, 0.29) is 0 Å². The van der Waals surface area contributed by atoms with Crippen LogP contribution >= 0.6 is 12.2 Å². The third-order valence-corrected chi connectivity index (χ3v) is 5.80. The number of aryl methyl sites for hydroxylation is 1. The number of benzene rings is 2. The van der Waals surface area contributed by atoms with Crippen molar-refractivity contribution in [2.45, 2.75) is 13.1 Å². The number of aromatic nitrogens is 1. The lowest BCUT2D eigenvalue weighted by Gasteiger charge is -2.23. The SMILES string of the molecule is Cc1cnc2c(NC(=O)c3ccccc3C(F)(F)F)cccc2c1N1CCN(C)C1=S. The number of alkyl halides is 3. The Bertz CT molecular complexity index is 1200. The summed E-state index contributed by atoms with van der Waals surface area (Å²) in [5.74, 6) is -0.847. The Labute approximate surface area is 182 Å². The van der Waals surface area contributed by atoms with Gasteiger partial charge in [-0.2, -0.15) is 13.2 Å². The zero-order valence-corrected chi connectivity index (χ0v) is 17.6. The molecule has 0 radical (unpaired) electrons. The van der Waals surface area contributed by atoms with Crippen molar-refractivity contribution in [3.05, 3.63) is 65.4 Å². The molecule has 1 N–H and O–H groups in total. The molecule has 1 amide bonds. The number of pyridine rings is 1. The summed E-state index contributed by atoms with van der Waals surface area (Å²) < 4.78 is 40.0. The maximum absolute atomic E-state index is 13.3. The second kappa shape index (κ2) is 7.81. The first-order valence-electron chi connectivity index (χ1n) is 9.57. The fraction of sp³-hybridized carbons (Fsp3) is 0.227. The number of nitrogens with zero attached hydrogens (tertiary/aromatic N) is 3. The summed E-state index contributed by atoms with van der Waals surface area (Å²) in [5, 5.41) is 4.06. The Kier molecular flexibility index (Phi) is 5.30. The molecular weight excluding hydrogens is 425 g/mol. The van der Waals surface area contributed by atoms with E-state index < -0.39 is 23.2 Å². The highest BCUT2D eigenvalue weighted by Crippen LogP contribution is 2.36. The standard InChI is InChI=1S/C22H19F3N4OS/c1-13-12-26-18-15(19(13)29-11-10-28(2)21(29)31)7-5-9-17(18)27-20(30)14-6-3-4-8-16(14)22(23,24)25/h3-9,12H,10-11H2,1-2H3,(H,27,30). The fourth-order valence-corrected chi connectivity index (χ4v) is 4.01. The van der Waals surface area contributed by atoms with Crippen LogP contribution < -0.4 is 10.2 Å². The molecule has 0 saturated carbocycles. The molecule has 0 aliphatic carbocycles. The number of fused-ring (bicyclic) bond motifs is 1. The van der Waals surface area contributed by atoms with Gasteiger partial charge in [-0.3, -0.25) is 9.78 Å². The maximum atomic E-state index is 13.3. The van der Waals surface area contributed by atoms with Gasteiger partial charge in [0.2, 0.25) is 0 Å². The van der Waals surface area contributed by atoms with E-state index in [4.69, 9.17) is 12.2 Å². The van der Waals surface area contributed by atoms with Crippen LogP contribution in [0.15, 0.2) is 48.7 Å². The van der Waals surface area contributed by atoms with E-state index >= 15 is 0 Å². The number of hydrogen-bond donors (Lipinski definition) is 1. The van der Waals surface area contributed by atoms with Crippen molar-refractivity contribution in [3.63, 3.8) is 0 Å². The molecule has 2 aromatic carbocycles.